The van der Waals surface area contributed by atoms with Gasteiger partial charge in [-0.15, -0.1) is 0 Å². The Morgan fingerprint density at radius 1 is 1.05 bits per heavy atom. The average molecular weight is 332 g/mol. The molecule has 1 aromatic carbocycles. The molecule has 8 heteroatoms. The van der Waals surface area contributed by atoms with E-state index in [1.54, 1.807) is 0 Å². The van der Waals surface area contributed by atoms with Crippen molar-refractivity contribution in [2.24, 2.45) is 0 Å². The maximum absolute atomic E-state index is 12.8. The minimum absolute atomic E-state index is 0.127. The van der Waals surface area contributed by atoms with Crippen LogP contribution in [0.3, 0.4) is 0 Å². The summed E-state index contributed by atoms with van der Waals surface area (Å²) in [5.41, 5.74) is -2.81. The summed E-state index contributed by atoms with van der Waals surface area (Å²) in [5, 5.41) is -0.337. The summed E-state index contributed by atoms with van der Waals surface area (Å²) in [5.74, 6) is 0. The van der Waals surface area contributed by atoms with Gasteiger partial charge in [0.15, 0.2) is 0 Å². The van der Waals surface area contributed by atoms with Gasteiger partial charge in [-0.05, 0) is 0 Å². The molecule has 0 spiro atoms. The highest BCUT2D eigenvalue weighted by Crippen LogP contribution is 2.43. The zero-order chi connectivity index (χ0) is 14.4. The van der Waals surface area contributed by atoms with Crippen LogP contribution < -0.4 is 5.63 Å². The molecule has 1 heterocycles. The molecule has 1 aromatic heterocycles. The average Bonchev–Trinajstić information content (AvgIpc) is 2.24. The number of alkyl halides is 6. The quantitative estimate of drug-likeness (QED) is 0.520. The van der Waals surface area contributed by atoms with Crippen molar-refractivity contribution < 1.29 is 17.6 Å². The summed E-state index contributed by atoms with van der Waals surface area (Å²) in [6.07, 6.45) is -4.71. The maximum atomic E-state index is 12.8. The van der Waals surface area contributed by atoms with E-state index in [4.69, 9.17) is 39.2 Å². The van der Waals surface area contributed by atoms with Gasteiger partial charge in [0.2, 0.25) is 3.79 Å². The Morgan fingerprint density at radius 2 is 1.68 bits per heavy atom. The largest absolute Gasteiger partial charge is 0.422 e. The van der Waals surface area contributed by atoms with Crippen LogP contribution in [0, 0.1) is 0 Å². The zero-order valence-electron chi connectivity index (χ0n) is 8.89. The number of hydrogen-bond acceptors (Lipinski definition) is 2. The van der Waals surface area contributed by atoms with Crippen LogP contribution in [0.5, 0.6) is 0 Å². The third-order valence-electron chi connectivity index (χ3n) is 2.38. The fraction of sp³-hybridized carbons (Fsp3) is 0.182. The molecule has 2 aromatic rings. The molecule has 2 nitrogen and oxygen atoms in total. The summed E-state index contributed by atoms with van der Waals surface area (Å²) >= 11 is 16.9. The first-order valence-electron chi connectivity index (χ1n) is 4.82. The van der Waals surface area contributed by atoms with Crippen molar-refractivity contribution in [3.8, 4) is 0 Å². The molecule has 19 heavy (non-hydrogen) atoms. The Balaban J connectivity index is 2.94. The lowest BCUT2D eigenvalue weighted by molar-refractivity contribution is -0.136. The summed E-state index contributed by atoms with van der Waals surface area (Å²) in [7, 11) is 0. The Hall–Kier alpha value is -0.910. The van der Waals surface area contributed by atoms with Crippen LogP contribution in [0.15, 0.2) is 33.5 Å². The lowest BCUT2D eigenvalue weighted by atomic mass is 10.1. The SMILES string of the molecule is O=c1cc(C(F)(F)F)c2cccc(C(Cl)(Cl)Cl)c2o1. The molecule has 0 unspecified atom stereocenters. The number of fused-ring (bicyclic) bond motifs is 1. The summed E-state index contributed by atoms with van der Waals surface area (Å²) in [6, 6.07) is 4.07. The van der Waals surface area contributed by atoms with Crippen LogP contribution in [-0.2, 0) is 9.97 Å². The predicted molar refractivity (Wildman–Crippen MR) is 66.7 cm³/mol. The van der Waals surface area contributed by atoms with Crippen molar-refractivity contribution in [2.75, 3.05) is 0 Å². The van der Waals surface area contributed by atoms with E-state index in [1.165, 1.54) is 12.1 Å². The first kappa shape index (κ1) is 14.5. The predicted octanol–water partition coefficient (Wildman–Crippen LogP) is 4.64. The molecular formula is C11H4Cl3F3O2. The van der Waals surface area contributed by atoms with Gasteiger partial charge in [-0.3, -0.25) is 0 Å². The number of halogens is 6. The molecular weight excluding hydrogens is 327 g/mol. The lowest BCUT2D eigenvalue weighted by Crippen LogP contribution is -2.12. The van der Waals surface area contributed by atoms with E-state index in [0.29, 0.717) is 6.07 Å². The highest BCUT2D eigenvalue weighted by atomic mass is 35.6. The monoisotopic (exact) mass is 330 g/mol. The second kappa shape index (κ2) is 4.58. The lowest BCUT2D eigenvalue weighted by Gasteiger charge is -2.15. The standard InChI is InChI=1S/C11H4Cl3F3O2/c12-10(13,14)6-3-1-2-5-7(11(15,16)17)4-8(18)19-9(5)6/h1-4H. The molecule has 2 rings (SSSR count). The van der Waals surface area contributed by atoms with E-state index in [2.05, 4.69) is 0 Å². The fourth-order valence-corrected chi connectivity index (χ4v) is 2.09. The van der Waals surface area contributed by atoms with Gasteiger partial charge in [0.05, 0.1) is 5.56 Å². The van der Waals surface area contributed by atoms with Crippen LogP contribution in [0.4, 0.5) is 13.2 Å². The smallest absolute Gasteiger partial charge is 0.417 e. The summed E-state index contributed by atoms with van der Waals surface area (Å²) in [4.78, 5) is 11.2. The zero-order valence-corrected chi connectivity index (χ0v) is 11.2. The van der Waals surface area contributed by atoms with Crippen molar-refractivity contribution in [3.63, 3.8) is 0 Å². The topological polar surface area (TPSA) is 30.2 Å². The molecule has 0 bridgehead atoms. The van der Waals surface area contributed by atoms with E-state index in [-0.39, 0.29) is 16.5 Å². The Morgan fingerprint density at radius 3 is 2.21 bits per heavy atom. The van der Waals surface area contributed by atoms with Gasteiger partial charge < -0.3 is 4.42 Å². The van der Waals surface area contributed by atoms with Gasteiger partial charge in [0.25, 0.3) is 0 Å². The van der Waals surface area contributed by atoms with Crippen molar-refractivity contribution in [2.45, 2.75) is 9.97 Å². The van der Waals surface area contributed by atoms with Crippen LogP contribution >= 0.6 is 34.8 Å². The molecule has 0 aliphatic rings. The molecule has 0 aliphatic heterocycles. The van der Waals surface area contributed by atoms with Gasteiger partial charge in [0.1, 0.15) is 5.58 Å². The molecule has 0 atom stereocenters. The van der Waals surface area contributed by atoms with Gasteiger partial charge >= 0.3 is 11.8 Å². The molecule has 0 amide bonds. The highest BCUT2D eigenvalue weighted by Gasteiger charge is 2.35. The van der Waals surface area contributed by atoms with E-state index in [9.17, 15) is 18.0 Å². The normalized spacial score (nSPS) is 12.9. The molecule has 0 fully saturated rings. The van der Waals surface area contributed by atoms with Crippen LogP contribution in [0.1, 0.15) is 11.1 Å². The van der Waals surface area contributed by atoms with Gasteiger partial charge in [-0.25, -0.2) is 4.79 Å². The Kier molecular flexibility index (Phi) is 3.49. The van der Waals surface area contributed by atoms with Crippen molar-refractivity contribution >= 4 is 45.8 Å². The van der Waals surface area contributed by atoms with Gasteiger partial charge in [-0.1, -0.05) is 53.0 Å². The van der Waals surface area contributed by atoms with Crippen LogP contribution in [0.25, 0.3) is 11.0 Å². The van der Waals surface area contributed by atoms with Crippen LogP contribution in [-0.4, -0.2) is 0 Å². The minimum Gasteiger partial charge on any atom is -0.422 e. The fourth-order valence-electron chi connectivity index (χ4n) is 1.64. The Labute approximate surface area is 119 Å². The second-order valence-electron chi connectivity index (χ2n) is 3.66. The Bertz CT molecular complexity index is 686. The molecule has 0 aliphatic carbocycles. The van der Waals surface area contributed by atoms with Crippen molar-refractivity contribution in [1.82, 2.24) is 0 Å². The maximum Gasteiger partial charge on any atom is 0.417 e. The first-order valence-corrected chi connectivity index (χ1v) is 5.95. The highest BCUT2D eigenvalue weighted by molar-refractivity contribution is 6.67. The van der Waals surface area contributed by atoms with E-state index >= 15 is 0 Å². The molecule has 0 radical (unpaired) electrons. The number of hydrogen-bond donors (Lipinski definition) is 0. The number of para-hydroxylation sites is 1. The molecule has 0 N–H and O–H groups in total. The first-order chi connectivity index (χ1) is 8.60. The van der Waals surface area contributed by atoms with Crippen LogP contribution in [0.2, 0.25) is 0 Å². The molecule has 0 saturated heterocycles. The molecule has 102 valence electrons. The summed E-state index contributed by atoms with van der Waals surface area (Å²) in [6.45, 7) is 0. The van der Waals surface area contributed by atoms with Gasteiger partial charge in [-0.2, -0.15) is 13.2 Å². The van der Waals surface area contributed by atoms with E-state index in [0.717, 1.165) is 6.07 Å². The second-order valence-corrected chi connectivity index (χ2v) is 5.94. The number of rotatable bonds is 0. The van der Waals surface area contributed by atoms with Crippen molar-refractivity contribution in [1.29, 1.82) is 0 Å². The molecule has 0 saturated carbocycles. The van der Waals surface area contributed by atoms with Gasteiger partial charge in [0, 0.05) is 17.0 Å². The van der Waals surface area contributed by atoms with E-state index < -0.39 is 21.2 Å². The minimum atomic E-state index is -4.71. The van der Waals surface area contributed by atoms with E-state index in [1.807, 2.05) is 0 Å². The summed E-state index contributed by atoms with van der Waals surface area (Å²) < 4.78 is 41.3. The third kappa shape index (κ3) is 2.83. The third-order valence-corrected chi connectivity index (χ3v) is 2.99. The number of benzene rings is 1. The van der Waals surface area contributed by atoms with Crippen molar-refractivity contribution in [3.05, 3.63) is 45.8 Å².